The minimum absolute atomic E-state index is 0.193. The van der Waals surface area contributed by atoms with Crippen LogP contribution in [0.4, 0.5) is 4.79 Å². The molecule has 0 bridgehead atoms. The molecule has 1 amide bonds. The number of hydrogen-bond donors (Lipinski definition) is 2. The van der Waals surface area contributed by atoms with E-state index in [2.05, 4.69) is 19.2 Å². The van der Waals surface area contributed by atoms with E-state index in [1.807, 2.05) is 20.8 Å². The number of aliphatic hydroxyl groups is 1. The highest BCUT2D eigenvalue weighted by molar-refractivity contribution is 5.68. The molecule has 0 saturated carbocycles. The molecule has 0 aromatic carbocycles. The first kappa shape index (κ1) is 17.2. The van der Waals surface area contributed by atoms with E-state index in [9.17, 15) is 4.79 Å². The predicted molar refractivity (Wildman–Crippen MR) is 79.7 cm³/mol. The third kappa shape index (κ3) is 5.67. The van der Waals surface area contributed by atoms with Crippen molar-refractivity contribution in [2.75, 3.05) is 19.7 Å². The smallest absolute Gasteiger partial charge is 0.410 e. The van der Waals surface area contributed by atoms with Crippen molar-refractivity contribution in [1.29, 1.82) is 0 Å². The summed E-state index contributed by atoms with van der Waals surface area (Å²) in [4.78, 5) is 13.8. The second-order valence-corrected chi connectivity index (χ2v) is 6.94. The molecule has 5 heteroatoms. The number of likely N-dealkylation sites (tertiary alicyclic amines) is 1. The molecule has 118 valence electrons. The highest BCUT2D eigenvalue weighted by Crippen LogP contribution is 2.17. The van der Waals surface area contributed by atoms with Crippen LogP contribution in [0.3, 0.4) is 0 Å². The molecule has 1 heterocycles. The van der Waals surface area contributed by atoms with Crippen LogP contribution in [-0.4, -0.2) is 53.5 Å². The molecule has 1 aliphatic heterocycles. The predicted octanol–water partition coefficient (Wildman–Crippen LogP) is 1.99. The van der Waals surface area contributed by atoms with Gasteiger partial charge in [0.2, 0.25) is 0 Å². The number of hydrogen-bond acceptors (Lipinski definition) is 4. The maximum atomic E-state index is 12.0. The third-order valence-electron chi connectivity index (χ3n) is 3.53. The molecule has 0 aromatic heterocycles. The first-order valence-corrected chi connectivity index (χ1v) is 7.57. The summed E-state index contributed by atoms with van der Waals surface area (Å²) in [6, 6.07) is 0.588. The van der Waals surface area contributed by atoms with Crippen LogP contribution in [0.15, 0.2) is 0 Å². The van der Waals surface area contributed by atoms with Gasteiger partial charge in [0.15, 0.2) is 0 Å². The monoisotopic (exact) mass is 286 g/mol. The summed E-state index contributed by atoms with van der Waals surface area (Å²) in [6.07, 6.45) is 1.46. The number of aliphatic hydroxyl groups excluding tert-OH is 1. The lowest BCUT2D eigenvalue weighted by molar-refractivity contribution is 0.0289. The summed E-state index contributed by atoms with van der Waals surface area (Å²) in [5, 5.41) is 12.7. The first-order chi connectivity index (χ1) is 9.23. The molecule has 1 fully saturated rings. The highest BCUT2D eigenvalue weighted by Gasteiger charge is 2.31. The molecule has 1 rings (SSSR count). The SMILES string of the molecule is CC(C)C(CCO)NC1CCN(C(=O)OC(C)(C)C)C1. The molecular weight excluding hydrogens is 256 g/mol. The minimum atomic E-state index is -0.444. The van der Waals surface area contributed by atoms with E-state index in [0.717, 1.165) is 19.4 Å². The standard InChI is InChI=1S/C15H30N2O3/c1-11(2)13(7-9-18)16-12-6-8-17(10-12)14(19)20-15(3,4)5/h11-13,16,18H,6-10H2,1-5H3. The average molecular weight is 286 g/mol. The van der Waals surface area contributed by atoms with Crippen molar-refractivity contribution in [2.24, 2.45) is 5.92 Å². The van der Waals surface area contributed by atoms with Gasteiger partial charge < -0.3 is 20.1 Å². The lowest BCUT2D eigenvalue weighted by Gasteiger charge is -2.27. The van der Waals surface area contributed by atoms with Gasteiger partial charge in [-0.2, -0.15) is 0 Å². The van der Waals surface area contributed by atoms with Crippen molar-refractivity contribution < 1.29 is 14.6 Å². The number of carbonyl (C=O) groups is 1. The molecule has 2 unspecified atom stereocenters. The van der Waals surface area contributed by atoms with Crippen molar-refractivity contribution in [1.82, 2.24) is 10.2 Å². The van der Waals surface area contributed by atoms with Gasteiger partial charge in [0.25, 0.3) is 0 Å². The van der Waals surface area contributed by atoms with E-state index in [1.165, 1.54) is 0 Å². The largest absolute Gasteiger partial charge is 0.444 e. The second kappa shape index (κ2) is 7.27. The Kier molecular flexibility index (Phi) is 6.27. The molecule has 0 aromatic rings. The lowest BCUT2D eigenvalue weighted by atomic mass is 10.00. The molecule has 5 nitrogen and oxygen atoms in total. The second-order valence-electron chi connectivity index (χ2n) is 6.94. The number of amides is 1. The number of rotatable bonds is 5. The Bertz CT molecular complexity index is 313. The van der Waals surface area contributed by atoms with E-state index < -0.39 is 5.60 Å². The fraction of sp³-hybridized carbons (Fsp3) is 0.933. The van der Waals surface area contributed by atoms with E-state index >= 15 is 0 Å². The molecule has 2 N–H and O–H groups in total. The van der Waals surface area contributed by atoms with Crippen LogP contribution in [0.25, 0.3) is 0 Å². The number of nitrogens with one attached hydrogen (secondary N) is 1. The number of carbonyl (C=O) groups excluding carboxylic acids is 1. The van der Waals surface area contributed by atoms with Gasteiger partial charge in [0.05, 0.1) is 0 Å². The maximum absolute atomic E-state index is 12.0. The maximum Gasteiger partial charge on any atom is 0.410 e. The third-order valence-corrected chi connectivity index (χ3v) is 3.53. The molecule has 0 radical (unpaired) electrons. The first-order valence-electron chi connectivity index (χ1n) is 7.57. The number of ether oxygens (including phenoxy) is 1. The van der Waals surface area contributed by atoms with Crippen LogP contribution in [0.5, 0.6) is 0 Å². The summed E-state index contributed by atoms with van der Waals surface area (Å²) in [6.45, 7) is 11.5. The van der Waals surface area contributed by atoms with Gasteiger partial charge in [-0.25, -0.2) is 4.79 Å². The Morgan fingerprint density at radius 3 is 2.60 bits per heavy atom. The zero-order valence-corrected chi connectivity index (χ0v) is 13.5. The van der Waals surface area contributed by atoms with E-state index in [1.54, 1.807) is 4.90 Å². The summed E-state index contributed by atoms with van der Waals surface area (Å²) in [5.41, 5.74) is -0.444. The topological polar surface area (TPSA) is 61.8 Å². The zero-order valence-electron chi connectivity index (χ0n) is 13.5. The van der Waals surface area contributed by atoms with Crippen LogP contribution in [0.1, 0.15) is 47.5 Å². The fourth-order valence-electron chi connectivity index (χ4n) is 2.44. The minimum Gasteiger partial charge on any atom is -0.444 e. The van der Waals surface area contributed by atoms with E-state index in [4.69, 9.17) is 9.84 Å². The zero-order chi connectivity index (χ0) is 15.3. The van der Waals surface area contributed by atoms with Gasteiger partial charge in [-0.15, -0.1) is 0 Å². The molecule has 0 aliphatic carbocycles. The quantitative estimate of drug-likeness (QED) is 0.811. The van der Waals surface area contributed by atoms with Crippen molar-refractivity contribution in [3.8, 4) is 0 Å². The van der Waals surface area contributed by atoms with Gasteiger partial charge in [-0.05, 0) is 39.5 Å². The van der Waals surface area contributed by atoms with Crippen molar-refractivity contribution in [2.45, 2.75) is 65.1 Å². The lowest BCUT2D eigenvalue weighted by Crippen LogP contribution is -2.44. The summed E-state index contributed by atoms with van der Waals surface area (Å²) in [7, 11) is 0. The van der Waals surface area contributed by atoms with Gasteiger partial charge >= 0.3 is 6.09 Å². The fourth-order valence-corrected chi connectivity index (χ4v) is 2.44. The van der Waals surface area contributed by atoms with Crippen LogP contribution in [0.2, 0.25) is 0 Å². The molecule has 20 heavy (non-hydrogen) atoms. The van der Waals surface area contributed by atoms with Crippen molar-refractivity contribution in [3.05, 3.63) is 0 Å². The number of nitrogens with zero attached hydrogens (tertiary/aromatic N) is 1. The van der Waals surface area contributed by atoms with E-state index in [0.29, 0.717) is 24.5 Å². The molecule has 1 aliphatic rings. The van der Waals surface area contributed by atoms with Crippen molar-refractivity contribution >= 4 is 6.09 Å². The van der Waals surface area contributed by atoms with Crippen molar-refractivity contribution in [3.63, 3.8) is 0 Å². The molecule has 2 atom stereocenters. The van der Waals surface area contributed by atoms with E-state index in [-0.39, 0.29) is 12.7 Å². The van der Waals surface area contributed by atoms with Gasteiger partial charge in [-0.3, -0.25) is 0 Å². The average Bonchev–Trinajstić information content (AvgIpc) is 2.74. The van der Waals surface area contributed by atoms with Crippen LogP contribution >= 0.6 is 0 Å². The van der Waals surface area contributed by atoms with Crippen LogP contribution in [-0.2, 0) is 4.74 Å². The Labute approximate surface area is 122 Å². The Morgan fingerprint density at radius 2 is 2.10 bits per heavy atom. The Morgan fingerprint density at radius 1 is 1.45 bits per heavy atom. The Hall–Kier alpha value is -0.810. The molecular formula is C15H30N2O3. The van der Waals surface area contributed by atoms with Gasteiger partial charge in [-0.1, -0.05) is 13.8 Å². The van der Waals surface area contributed by atoms with Crippen LogP contribution in [0, 0.1) is 5.92 Å². The normalized spacial score (nSPS) is 21.4. The summed E-state index contributed by atoms with van der Waals surface area (Å²) >= 11 is 0. The Balaban J connectivity index is 2.44. The summed E-state index contributed by atoms with van der Waals surface area (Å²) < 4.78 is 5.39. The molecule has 0 spiro atoms. The van der Waals surface area contributed by atoms with Crippen LogP contribution < -0.4 is 5.32 Å². The summed E-state index contributed by atoms with van der Waals surface area (Å²) in [5.74, 6) is 0.470. The van der Waals surface area contributed by atoms with Gasteiger partial charge in [0.1, 0.15) is 5.60 Å². The molecule has 1 saturated heterocycles. The van der Waals surface area contributed by atoms with Gasteiger partial charge in [0, 0.05) is 31.8 Å². The highest BCUT2D eigenvalue weighted by atomic mass is 16.6.